The quantitative estimate of drug-likeness (QED) is 0.399. The van der Waals surface area contributed by atoms with E-state index in [-0.39, 0.29) is 23.3 Å². The standard InChI is InChI=1S/C28H27N5O2/c1-17-6-2-4-8-21(17)28(35)31-16-18-10-12-20(13-11-18)25-24(27(30)34)26(29)33(32-25)23-15-14-19-7-3-5-9-22(19)23/h2-13,23H,14-16,29H2,1H3,(H2,30,34)(H,31,35)/t23-/m1/s1. The molecule has 1 aliphatic rings. The Morgan fingerprint density at radius 3 is 2.49 bits per heavy atom. The monoisotopic (exact) mass is 465 g/mol. The minimum absolute atomic E-state index is 0.0334. The molecule has 4 aromatic rings. The minimum atomic E-state index is -0.607. The van der Waals surface area contributed by atoms with Gasteiger partial charge in [0.15, 0.2) is 0 Å². The molecule has 5 N–H and O–H groups in total. The number of aromatic nitrogens is 2. The van der Waals surface area contributed by atoms with Gasteiger partial charge in [0.1, 0.15) is 17.1 Å². The van der Waals surface area contributed by atoms with Crippen LogP contribution in [-0.4, -0.2) is 21.6 Å². The summed E-state index contributed by atoms with van der Waals surface area (Å²) in [4.78, 5) is 24.8. The molecule has 3 aromatic carbocycles. The molecule has 1 atom stereocenters. The third-order valence-electron chi connectivity index (χ3n) is 6.66. The number of nitrogen functional groups attached to an aromatic ring is 1. The highest BCUT2D eigenvalue weighted by Crippen LogP contribution is 2.38. The molecule has 0 unspecified atom stereocenters. The van der Waals surface area contributed by atoms with E-state index in [9.17, 15) is 9.59 Å². The highest BCUT2D eigenvalue weighted by atomic mass is 16.2. The zero-order valence-corrected chi connectivity index (χ0v) is 19.5. The van der Waals surface area contributed by atoms with Gasteiger partial charge >= 0.3 is 0 Å². The van der Waals surface area contributed by atoms with E-state index in [2.05, 4.69) is 17.4 Å². The summed E-state index contributed by atoms with van der Waals surface area (Å²) in [6.45, 7) is 2.29. The van der Waals surface area contributed by atoms with Gasteiger partial charge in [-0.1, -0.05) is 66.7 Å². The number of nitrogens with zero attached hydrogens (tertiary/aromatic N) is 2. The lowest BCUT2D eigenvalue weighted by Crippen LogP contribution is -2.23. The Balaban J connectivity index is 1.39. The summed E-state index contributed by atoms with van der Waals surface area (Å²) in [6.07, 6.45) is 1.80. The molecule has 0 fully saturated rings. The SMILES string of the molecule is Cc1ccccc1C(=O)NCc1ccc(-c2nn([C@@H]3CCc4ccccc43)c(N)c2C(N)=O)cc1. The van der Waals surface area contributed by atoms with Crippen molar-refractivity contribution in [2.24, 2.45) is 5.73 Å². The van der Waals surface area contributed by atoms with E-state index in [4.69, 9.17) is 16.6 Å². The average Bonchev–Trinajstić information content (AvgIpc) is 3.44. The zero-order chi connectivity index (χ0) is 24.5. The maximum absolute atomic E-state index is 12.5. The topological polar surface area (TPSA) is 116 Å². The molecule has 1 heterocycles. The Labute approximate surface area is 203 Å². The van der Waals surface area contributed by atoms with Gasteiger partial charge in [-0.2, -0.15) is 5.10 Å². The number of aryl methyl sites for hydroxylation is 2. The number of carbonyl (C=O) groups excluding carboxylic acids is 2. The Hall–Kier alpha value is -4.39. The van der Waals surface area contributed by atoms with Gasteiger partial charge in [-0.15, -0.1) is 0 Å². The van der Waals surface area contributed by atoms with Gasteiger partial charge < -0.3 is 16.8 Å². The number of nitrogens with two attached hydrogens (primary N) is 2. The molecule has 1 aromatic heterocycles. The molecule has 7 nitrogen and oxygen atoms in total. The fourth-order valence-corrected chi connectivity index (χ4v) is 4.80. The molecular weight excluding hydrogens is 438 g/mol. The van der Waals surface area contributed by atoms with Crippen molar-refractivity contribution < 1.29 is 9.59 Å². The van der Waals surface area contributed by atoms with E-state index in [0.29, 0.717) is 17.8 Å². The summed E-state index contributed by atoms with van der Waals surface area (Å²) in [5, 5.41) is 7.71. The molecule has 0 saturated heterocycles. The number of fused-ring (bicyclic) bond motifs is 1. The highest BCUT2D eigenvalue weighted by Gasteiger charge is 2.30. The summed E-state index contributed by atoms with van der Waals surface area (Å²) in [5.74, 6) is -0.445. The van der Waals surface area contributed by atoms with Crippen molar-refractivity contribution >= 4 is 17.6 Å². The van der Waals surface area contributed by atoms with E-state index in [1.54, 1.807) is 4.68 Å². The number of benzene rings is 3. The predicted molar refractivity (Wildman–Crippen MR) is 136 cm³/mol. The Bertz CT molecular complexity index is 1420. The van der Waals surface area contributed by atoms with Crippen molar-refractivity contribution in [3.8, 4) is 11.3 Å². The van der Waals surface area contributed by atoms with Crippen LogP contribution in [0.4, 0.5) is 5.82 Å². The van der Waals surface area contributed by atoms with Crippen LogP contribution in [0.1, 0.15) is 55.4 Å². The van der Waals surface area contributed by atoms with Crippen LogP contribution in [0.25, 0.3) is 11.3 Å². The lowest BCUT2D eigenvalue weighted by atomic mass is 10.0. The normalized spacial score (nSPS) is 14.5. The number of hydrogen-bond donors (Lipinski definition) is 3. The van der Waals surface area contributed by atoms with Crippen molar-refractivity contribution in [2.45, 2.75) is 32.4 Å². The molecule has 5 rings (SSSR count). The van der Waals surface area contributed by atoms with Crippen LogP contribution in [0, 0.1) is 6.92 Å². The van der Waals surface area contributed by atoms with Crippen LogP contribution in [0.15, 0.2) is 72.8 Å². The van der Waals surface area contributed by atoms with Crippen molar-refractivity contribution in [1.82, 2.24) is 15.1 Å². The third kappa shape index (κ3) is 4.17. The summed E-state index contributed by atoms with van der Waals surface area (Å²) in [6, 6.07) is 23.2. The Morgan fingerprint density at radius 2 is 1.74 bits per heavy atom. The summed E-state index contributed by atoms with van der Waals surface area (Å²) < 4.78 is 1.73. The molecule has 0 spiro atoms. The van der Waals surface area contributed by atoms with Crippen molar-refractivity contribution in [1.29, 1.82) is 0 Å². The number of amides is 2. The maximum atomic E-state index is 12.5. The molecule has 7 heteroatoms. The summed E-state index contributed by atoms with van der Waals surface area (Å²) in [5.41, 5.74) is 18.5. The second-order valence-corrected chi connectivity index (χ2v) is 8.87. The van der Waals surface area contributed by atoms with Crippen molar-refractivity contribution in [3.05, 3.63) is 106 Å². The van der Waals surface area contributed by atoms with Gasteiger partial charge in [-0.05, 0) is 48.1 Å². The van der Waals surface area contributed by atoms with E-state index >= 15 is 0 Å². The van der Waals surface area contributed by atoms with E-state index in [1.807, 2.05) is 67.6 Å². The lowest BCUT2D eigenvalue weighted by molar-refractivity contribution is 0.0949. The van der Waals surface area contributed by atoms with Crippen molar-refractivity contribution in [3.63, 3.8) is 0 Å². The molecule has 0 bridgehead atoms. The van der Waals surface area contributed by atoms with Crippen LogP contribution in [0.3, 0.4) is 0 Å². The number of hydrogen-bond acceptors (Lipinski definition) is 4. The van der Waals surface area contributed by atoms with Crippen LogP contribution >= 0.6 is 0 Å². The fourth-order valence-electron chi connectivity index (χ4n) is 4.80. The first-order chi connectivity index (χ1) is 16.9. The van der Waals surface area contributed by atoms with Crippen LogP contribution in [-0.2, 0) is 13.0 Å². The molecule has 0 aliphatic heterocycles. The summed E-state index contributed by atoms with van der Waals surface area (Å²) in [7, 11) is 0. The number of rotatable bonds is 6. The zero-order valence-electron chi connectivity index (χ0n) is 19.5. The molecule has 35 heavy (non-hydrogen) atoms. The number of anilines is 1. The van der Waals surface area contributed by atoms with Gasteiger partial charge in [-0.3, -0.25) is 9.59 Å². The highest BCUT2D eigenvalue weighted by molar-refractivity contribution is 6.03. The first-order valence-electron chi connectivity index (χ1n) is 11.6. The minimum Gasteiger partial charge on any atom is -0.383 e. The molecule has 176 valence electrons. The number of primary amides is 1. The van der Waals surface area contributed by atoms with E-state index < -0.39 is 5.91 Å². The maximum Gasteiger partial charge on any atom is 0.254 e. The molecule has 0 radical (unpaired) electrons. The summed E-state index contributed by atoms with van der Waals surface area (Å²) >= 11 is 0. The first kappa shape index (κ1) is 22.4. The third-order valence-corrected chi connectivity index (χ3v) is 6.66. The largest absolute Gasteiger partial charge is 0.383 e. The van der Waals surface area contributed by atoms with Crippen molar-refractivity contribution in [2.75, 3.05) is 5.73 Å². The second-order valence-electron chi connectivity index (χ2n) is 8.87. The fraction of sp³-hybridized carbons (Fsp3) is 0.179. The van der Waals surface area contributed by atoms with E-state index in [0.717, 1.165) is 29.5 Å². The Kier molecular flexibility index (Phi) is 5.82. The van der Waals surface area contributed by atoms with E-state index in [1.165, 1.54) is 11.1 Å². The molecule has 0 saturated carbocycles. The Morgan fingerprint density at radius 1 is 1.03 bits per heavy atom. The lowest BCUT2D eigenvalue weighted by Gasteiger charge is -2.14. The average molecular weight is 466 g/mol. The number of carbonyl (C=O) groups is 2. The van der Waals surface area contributed by atoms with Gasteiger partial charge in [0, 0.05) is 17.7 Å². The van der Waals surface area contributed by atoms with Gasteiger partial charge in [0.25, 0.3) is 11.8 Å². The van der Waals surface area contributed by atoms with Gasteiger partial charge in [0.05, 0.1) is 6.04 Å². The van der Waals surface area contributed by atoms with Crippen LogP contribution in [0.5, 0.6) is 0 Å². The molecule has 1 aliphatic carbocycles. The second kappa shape index (κ2) is 9.10. The van der Waals surface area contributed by atoms with Gasteiger partial charge in [0.2, 0.25) is 0 Å². The van der Waals surface area contributed by atoms with Crippen LogP contribution in [0.2, 0.25) is 0 Å². The smallest absolute Gasteiger partial charge is 0.254 e. The number of nitrogens with one attached hydrogen (secondary N) is 1. The molecule has 2 amide bonds. The van der Waals surface area contributed by atoms with Gasteiger partial charge in [-0.25, -0.2) is 4.68 Å². The first-order valence-corrected chi connectivity index (χ1v) is 11.6. The predicted octanol–water partition coefficient (Wildman–Crippen LogP) is 4.01. The van der Waals surface area contributed by atoms with Crippen LogP contribution < -0.4 is 16.8 Å². The molecular formula is C28H27N5O2.